The standard InChI is InChI=1S/C26H26N4O3/c27-9-4-10-33-20-8-7-18-15-30(16-19(18)12-20)26(32)22-13-21-23(11-17-5-2-1-3-6-17)28-29-24(21)14-25(22)31/h1-3,5-8,12-14,31H,4,9-11,15-16,27H2,(H,28,29). The number of phenols is 1. The van der Waals surface area contributed by atoms with E-state index in [1.807, 2.05) is 48.5 Å². The summed E-state index contributed by atoms with van der Waals surface area (Å²) in [4.78, 5) is 15.1. The second-order valence-electron chi connectivity index (χ2n) is 8.33. The molecule has 0 fully saturated rings. The van der Waals surface area contributed by atoms with Crippen molar-refractivity contribution in [1.82, 2.24) is 15.1 Å². The van der Waals surface area contributed by atoms with E-state index in [0.717, 1.165) is 39.9 Å². The highest BCUT2D eigenvalue weighted by atomic mass is 16.5. The third-order valence-corrected chi connectivity index (χ3v) is 6.01. The number of fused-ring (bicyclic) bond motifs is 2. The molecule has 33 heavy (non-hydrogen) atoms. The smallest absolute Gasteiger partial charge is 0.258 e. The molecule has 1 aromatic heterocycles. The second-order valence-corrected chi connectivity index (χ2v) is 8.33. The number of amides is 1. The van der Waals surface area contributed by atoms with E-state index in [-0.39, 0.29) is 17.2 Å². The molecule has 0 spiro atoms. The summed E-state index contributed by atoms with van der Waals surface area (Å²) in [7, 11) is 0. The number of aromatic nitrogens is 2. The van der Waals surface area contributed by atoms with Gasteiger partial charge in [0.05, 0.1) is 23.4 Å². The number of benzene rings is 3. The molecular formula is C26H26N4O3. The maximum absolute atomic E-state index is 13.4. The fourth-order valence-electron chi connectivity index (χ4n) is 4.25. The molecule has 168 valence electrons. The van der Waals surface area contributed by atoms with Gasteiger partial charge in [0, 0.05) is 31.0 Å². The summed E-state index contributed by atoms with van der Waals surface area (Å²) in [5, 5.41) is 18.8. The number of hydrogen-bond acceptors (Lipinski definition) is 5. The van der Waals surface area contributed by atoms with Crippen LogP contribution < -0.4 is 10.5 Å². The predicted molar refractivity (Wildman–Crippen MR) is 126 cm³/mol. The van der Waals surface area contributed by atoms with E-state index in [1.165, 1.54) is 0 Å². The number of nitrogens with two attached hydrogens (primary N) is 1. The lowest BCUT2D eigenvalue weighted by atomic mass is 10.0. The van der Waals surface area contributed by atoms with Crippen LogP contribution in [0.2, 0.25) is 0 Å². The van der Waals surface area contributed by atoms with E-state index >= 15 is 0 Å². The Bertz CT molecular complexity index is 1300. The van der Waals surface area contributed by atoms with Crippen molar-refractivity contribution in [1.29, 1.82) is 0 Å². The molecule has 4 aromatic rings. The Labute approximate surface area is 191 Å². The zero-order valence-electron chi connectivity index (χ0n) is 18.3. The molecule has 3 aromatic carbocycles. The van der Waals surface area contributed by atoms with E-state index in [0.29, 0.717) is 38.2 Å². The highest BCUT2D eigenvalue weighted by molar-refractivity contribution is 6.01. The fraction of sp³-hybridized carbons (Fsp3) is 0.231. The fourth-order valence-corrected chi connectivity index (χ4v) is 4.25. The molecule has 7 nitrogen and oxygen atoms in total. The number of H-pyrrole nitrogens is 1. The van der Waals surface area contributed by atoms with Gasteiger partial charge >= 0.3 is 0 Å². The Morgan fingerprint density at radius 2 is 1.91 bits per heavy atom. The molecule has 0 bridgehead atoms. The normalized spacial score (nSPS) is 12.8. The van der Waals surface area contributed by atoms with Crippen molar-refractivity contribution in [3.63, 3.8) is 0 Å². The lowest BCUT2D eigenvalue weighted by Crippen LogP contribution is -2.25. The Balaban J connectivity index is 1.37. The molecular weight excluding hydrogens is 416 g/mol. The summed E-state index contributed by atoms with van der Waals surface area (Å²) < 4.78 is 5.74. The van der Waals surface area contributed by atoms with Crippen molar-refractivity contribution in [2.24, 2.45) is 5.73 Å². The van der Waals surface area contributed by atoms with E-state index in [2.05, 4.69) is 10.2 Å². The Hall–Kier alpha value is -3.84. The molecule has 4 N–H and O–H groups in total. The van der Waals surface area contributed by atoms with Crippen LogP contribution in [0.3, 0.4) is 0 Å². The lowest BCUT2D eigenvalue weighted by molar-refractivity contribution is 0.0748. The quantitative estimate of drug-likeness (QED) is 0.378. The van der Waals surface area contributed by atoms with Gasteiger partial charge in [0.15, 0.2) is 0 Å². The van der Waals surface area contributed by atoms with Crippen LogP contribution >= 0.6 is 0 Å². The molecule has 1 aliphatic heterocycles. The number of hydrogen-bond donors (Lipinski definition) is 3. The van der Waals surface area contributed by atoms with Gasteiger partial charge in [0.2, 0.25) is 0 Å². The zero-order valence-corrected chi connectivity index (χ0v) is 18.3. The highest BCUT2D eigenvalue weighted by Gasteiger charge is 2.27. The number of aromatic hydroxyl groups is 1. The van der Waals surface area contributed by atoms with Gasteiger partial charge in [0.25, 0.3) is 5.91 Å². The van der Waals surface area contributed by atoms with Crippen LogP contribution in [-0.4, -0.2) is 39.3 Å². The first kappa shape index (κ1) is 21.0. The van der Waals surface area contributed by atoms with Crippen LogP contribution in [0.4, 0.5) is 0 Å². The largest absolute Gasteiger partial charge is 0.507 e. The SMILES string of the molecule is NCCCOc1ccc2c(c1)CN(C(=O)c1cc3c(Cc4ccccc4)n[nH]c3cc1O)C2. The number of nitrogens with zero attached hydrogens (tertiary/aromatic N) is 2. The first-order chi connectivity index (χ1) is 16.1. The van der Waals surface area contributed by atoms with Gasteiger partial charge in [-0.1, -0.05) is 36.4 Å². The van der Waals surface area contributed by atoms with Crippen LogP contribution in [0.5, 0.6) is 11.5 Å². The average molecular weight is 443 g/mol. The van der Waals surface area contributed by atoms with Crippen LogP contribution in [0.15, 0.2) is 60.7 Å². The van der Waals surface area contributed by atoms with Crippen LogP contribution in [0.1, 0.15) is 39.2 Å². The molecule has 1 amide bonds. The summed E-state index contributed by atoms with van der Waals surface area (Å²) in [6.07, 6.45) is 1.44. The molecule has 2 heterocycles. The Morgan fingerprint density at radius 1 is 1.09 bits per heavy atom. The van der Waals surface area contributed by atoms with Gasteiger partial charge < -0.3 is 20.5 Å². The molecule has 0 radical (unpaired) electrons. The van der Waals surface area contributed by atoms with Gasteiger partial charge in [-0.05, 0) is 47.9 Å². The van der Waals surface area contributed by atoms with Crippen molar-refractivity contribution in [2.45, 2.75) is 25.9 Å². The summed E-state index contributed by atoms with van der Waals surface area (Å²) in [6, 6.07) is 19.3. The molecule has 0 unspecified atom stereocenters. The number of rotatable bonds is 7. The zero-order chi connectivity index (χ0) is 22.8. The van der Waals surface area contributed by atoms with E-state index in [9.17, 15) is 9.90 Å². The van der Waals surface area contributed by atoms with Crippen molar-refractivity contribution in [2.75, 3.05) is 13.2 Å². The number of carbonyl (C=O) groups is 1. The lowest BCUT2D eigenvalue weighted by Gasteiger charge is -2.16. The van der Waals surface area contributed by atoms with Crippen LogP contribution in [0.25, 0.3) is 10.9 Å². The van der Waals surface area contributed by atoms with Gasteiger partial charge in [-0.15, -0.1) is 0 Å². The summed E-state index contributed by atoms with van der Waals surface area (Å²) in [5.74, 6) is 0.525. The Morgan fingerprint density at radius 3 is 2.73 bits per heavy atom. The number of phenolic OH excluding ortho intramolecular Hbond substituents is 1. The first-order valence-electron chi connectivity index (χ1n) is 11.1. The number of ether oxygens (including phenoxy) is 1. The summed E-state index contributed by atoms with van der Waals surface area (Å²) in [5.41, 5.74) is 10.6. The first-order valence-corrected chi connectivity index (χ1v) is 11.1. The van der Waals surface area contributed by atoms with E-state index < -0.39 is 0 Å². The Kier molecular flexibility index (Phi) is 5.71. The number of carbonyl (C=O) groups excluding carboxylic acids is 1. The van der Waals surface area contributed by atoms with Gasteiger partial charge in [-0.25, -0.2) is 0 Å². The van der Waals surface area contributed by atoms with Crippen LogP contribution in [-0.2, 0) is 19.5 Å². The third-order valence-electron chi connectivity index (χ3n) is 6.01. The van der Waals surface area contributed by atoms with E-state index in [4.69, 9.17) is 10.5 Å². The highest BCUT2D eigenvalue weighted by Crippen LogP contribution is 2.32. The molecule has 0 aliphatic carbocycles. The predicted octanol–water partition coefficient (Wildman–Crippen LogP) is 3.74. The minimum atomic E-state index is -0.205. The van der Waals surface area contributed by atoms with Gasteiger partial charge in [-0.2, -0.15) is 5.10 Å². The van der Waals surface area contributed by atoms with Gasteiger partial charge in [-0.3, -0.25) is 9.89 Å². The van der Waals surface area contributed by atoms with E-state index in [1.54, 1.807) is 17.0 Å². The molecule has 0 saturated carbocycles. The monoisotopic (exact) mass is 442 g/mol. The third kappa shape index (κ3) is 4.27. The number of nitrogens with one attached hydrogen (secondary N) is 1. The van der Waals surface area contributed by atoms with Crippen molar-refractivity contribution < 1.29 is 14.6 Å². The molecule has 1 aliphatic rings. The maximum atomic E-state index is 13.4. The molecule has 5 rings (SSSR count). The minimum Gasteiger partial charge on any atom is -0.507 e. The van der Waals surface area contributed by atoms with Crippen molar-refractivity contribution in [3.05, 3.63) is 88.6 Å². The minimum absolute atomic E-state index is 0.0517. The van der Waals surface area contributed by atoms with Crippen molar-refractivity contribution >= 4 is 16.8 Å². The number of aromatic amines is 1. The molecule has 0 saturated heterocycles. The molecule has 7 heteroatoms. The summed E-state index contributed by atoms with van der Waals surface area (Å²) in [6.45, 7) is 2.13. The average Bonchev–Trinajstić information content (AvgIpc) is 3.42. The summed E-state index contributed by atoms with van der Waals surface area (Å²) >= 11 is 0. The maximum Gasteiger partial charge on any atom is 0.258 e. The second kappa shape index (κ2) is 8.96. The topological polar surface area (TPSA) is 104 Å². The van der Waals surface area contributed by atoms with Crippen LogP contribution in [0, 0.1) is 0 Å². The van der Waals surface area contributed by atoms with Crippen molar-refractivity contribution in [3.8, 4) is 11.5 Å². The van der Waals surface area contributed by atoms with Gasteiger partial charge in [0.1, 0.15) is 11.5 Å². The molecule has 0 atom stereocenters.